The highest BCUT2D eigenvalue weighted by Crippen LogP contribution is 2.34. The highest BCUT2D eigenvalue weighted by Gasteiger charge is 2.18. The minimum atomic E-state index is -2.78. The summed E-state index contributed by atoms with van der Waals surface area (Å²) in [5, 5.41) is 16.4. The molecule has 6 aromatic rings. The van der Waals surface area contributed by atoms with Gasteiger partial charge in [-0.15, -0.1) is 0 Å². The van der Waals surface area contributed by atoms with E-state index in [0.29, 0.717) is 37.1 Å². The smallest absolute Gasteiger partial charge is 0.280 e. The lowest BCUT2D eigenvalue weighted by Gasteiger charge is -2.13. The molecule has 0 radical (unpaired) electrons. The molecule has 10 nitrogen and oxygen atoms in total. The zero-order chi connectivity index (χ0) is 34.4. The second-order valence-corrected chi connectivity index (χ2v) is 11.8. The molecule has 0 bridgehead atoms. The second-order valence-electron chi connectivity index (χ2n) is 9.38. The van der Waals surface area contributed by atoms with E-state index in [-0.39, 0.29) is 22.1 Å². The van der Waals surface area contributed by atoms with Gasteiger partial charge >= 0.3 is 0 Å². The van der Waals surface area contributed by atoms with Gasteiger partial charge in [0, 0.05) is 40.0 Å². The largest absolute Gasteiger partial charge is 0.338 e. The van der Waals surface area contributed by atoms with E-state index >= 15 is 0 Å². The van der Waals surface area contributed by atoms with Crippen LogP contribution >= 0.6 is 55.1 Å². The van der Waals surface area contributed by atoms with Crippen molar-refractivity contribution in [2.75, 3.05) is 10.6 Å². The number of nitrogens with one attached hydrogen (secondary N) is 2. The van der Waals surface area contributed by atoms with Gasteiger partial charge in [0.2, 0.25) is 0 Å². The van der Waals surface area contributed by atoms with Crippen molar-refractivity contribution in [3.05, 3.63) is 113 Å². The topological polar surface area (TPSA) is 120 Å². The lowest BCUT2D eigenvalue weighted by atomic mass is 10.2. The molecule has 6 rings (SSSR count). The van der Waals surface area contributed by atoms with E-state index in [9.17, 15) is 18.4 Å². The summed E-state index contributed by atoms with van der Waals surface area (Å²) < 4.78 is 30.0. The first-order valence-electron chi connectivity index (χ1n) is 13.8. The van der Waals surface area contributed by atoms with E-state index in [4.69, 9.17) is 23.2 Å². The number of benzene rings is 2. The van der Waals surface area contributed by atoms with E-state index in [1.807, 2.05) is 32.0 Å². The van der Waals surface area contributed by atoms with Gasteiger partial charge in [0.25, 0.3) is 17.5 Å². The van der Waals surface area contributed by atoms with E-state index in [0.717, 1.165) is 20.6 Å². The van der Waals surface area contributed by atoms with Gasteiger partial charge in [0.05, 0.1) is 44.6 Å². The molecule has 0 aliphatic carbocycles. The van der Waals surface area contributed by atoms with Crippen LogP contribution in [0.4, 0.5) is 31.8 Å². The maximum atomic E-state index is 13.1. The fourth-order valence-corrected chi connectivity index (χ4v) is 5.28. The Bertz CT molecular complexity index is 2200. The predicted molar refractivity (Wildman–Crippen MR) is 191 cm³/mol. The Labute approximate surface area is 294 Å². The predicted octanol–water partition coefficient (Wildman–Crippen LogP) is 8.94. The van der Waals surface area contributed by atoms with Crippen molar-refractivity contribution >= 4 is 99.6 Å². The van der Waals surface area contributed by atoms with Crippen LogP contribution < -0.4 is 21.8 Å². The SMILES string of the molecule is CC.Cn1ncc2cc(C(F)F)nc(Nc3cccc(Br)c3Cl)c2c1=O.Cn1ncc2ccnc(Nc3cccc(Br)c3Cl)c2c1=O. The maximum absolute atomic E-state index is 13.1. The van der Waals surface area contributed by atoms with Gasteiger partial charge in [0.15, 0.2) is 0 Å². The number of nitrogens with zero attached hydrogens (tertiary/aromatic N) is 6. The summed E-state index contributed by atoms with van der Waals surface area (Å²) in [5.74, 6) is 0.460. The maximum Gasteiger partial charge on any atom is 0.280 e. The Balaban J connectivity index is 0.000000204. The third-order valence-electron chi connectivity index (χ3n) is 6.44. The summed E-state index contributed by atoms with van der Waals surface area (Å²) in [6.07, 6.45) is 1.82. The minimum absolute atomic E-state index is 0.00537. The number of rotatable bonds is 5. The molecule has 0 atom stereocenters. The lowest BCUT2D eigenvalue weighted by molar-refractivity contribution is 0.146. The van der Waals surface area contributed by atoms with Gasteiger partial charge in [-0.2, -0.15) is 10.2 Å². The van der Waals surface area contributed by atoms with Crippen LogP contribution in [0.5, 0.6) is 0 Å². The summed E-state index contributed by atoms with van der Waals surface area (Å²) >= 11 is 19.1. The number of fused-ring (bicyclic) bond motifs is 2. The normalized spacial score (nSPS) is 10.7. The molecule has 47 heavy (non-hydrogen) atoms. The Morgan fingerprint density at radius 3 is 1.79 bits per heavy atom. The molecule has 0 aliphatic rings. The van der Waals surface area contributed by atoms with Crippen molar-refractivity contribution < 1.29 is 8.78 Å². The molecule has 0 saturated carbocycles. The fourth-order valence-electron chi connectivity index (χ4n) is 4.20. The number of hydrogen-bond donors (Lipinski definition) is 2. The average molecular weight is 811 g/mol. The third kappa shape index (κ3) is 7.95. The molecule has 0 fully saturated rings. The van der Waals surface area contributed by atoms with E-state index in [1.165, 1.54) is 17.9 Å². The zero-order valence-electron chi connectivity index (χ0n) is 25.2. The molecule has 0 spiro atoms. The summed E-state index contributed by atoms with van der Waals surface area (Å²) in [5.41, 5.74) is -0.00939. The standard InChI is InChI=1S/C15H10BrClF2N4O.C14H10BrClN4O.C2H6/c1-23-15(24)11-7(6-20-23)5-10(13(18)19)22-14(11)21-9-4-2-3-8(16)12(9)17;1-20-14(21)11-8(7-18-20)5-6-17-13(11)19-10-4-2-3-9(15)12(10)16;1-2/h2-6,13H,1H3,(H,21,22);2-7H,1H3,(H,17,19);1-2H3. The first-order valence-corrected chi connectivity index (χ1v) is 16.2. The summed E-state index contributed by atoms with van der Waals surface area (Å²) in [6.45, 7) is 4.00. The number of alkyl halides is 2. The van der Waals surface area contributed by atoms with E-state index < -0.39 is 17.7 Å². The average Bonchev–Trinajstić information content (AvgIpc) is 3.06. The van der Waals surface area contributed by atoms with Crippen molar-refractivity contribution in [3.8, 4) is 0 Å². The second kappa shape index (κ2) is 15.7. The van der Waals surface area contributed by atoms with Gasteiger partial charge in [-0.1, -0.05) is 49.2 Å². The lowest BCUT2D eigenvalue weighted by Crippen LogP contribution is -2.20. The van der Waals surface area contributed by atoms with Crippen molar-refractivity contribution in [1.82, 2.24) is 29.5 Å². The minimum Gasteiger partial charge on any atom is -0.338 e. The van der Waals surface area contributed by atoms with Crippen molar-refractivity contribution in [2.24, 2.45) is 14.1 Å². The molecule has 16 heteroatoms. The summed E-state index contributed by atoms with van der Waals surface area (Å²) in [4.78, 5) is 32.8. The number of halogens is 6. The monoisotopic (exact) mass is 808 g/mol. The van der Waals surface area contributed by atoms with Crippen LogP contribution in [0.25, 0.3) is 21.5 Å². The molecule has 2 N–H and O–H groups in total. The Kier molecular flexibility index (Phi) is 12.0. The van der Waals surface area contributed by atoms with Crippen molar-refractivity contribution in [2.45, 2.75) is 20.3 Å². The number of aryl methyl sites for hydroxylation is 2. The molecular weight excluding hydrogens is 785 g/mol. The molecule has 0 amide bonds. The van der Waals surface area contributed by atoms with Gasteiger partial charge in [-0.3, -0.25) is 9.59 Å². The van der Waals surface area contributed by atoms with Crippen LogP contribution in [0.2, 0.25) is 10.0 Å². The van der Waals surface area contributed by atoms with Crippen LogP contribution in [0.1, 0.15) is 26.0 Å². The molecular formula is C31H26Br2Cl2F2N8O2. The number of hydrogen-bond acceptors (Lipinski definition) is 8. The Morgan fingerprint density at radius 1 is 0.766 bits per heavy atom. The van der Waals surface area contributed by atoms with Gasteiger partial charge < -0.3 is 10.6 Å². The molecule has 244 valence electrons. The van der Waals surface area contributed by atoms with Crippen LogP contribution in [-0.4, -0.2) is 29.5 Å². The summed E-state index contributed by atoms with van der Waals surface area (Å²) in [6, 6.07) is 13.5. The highest BCUT2D eigenvalue weighted by atomic mass is 79.9. The van der Waals surface area contributed by atoms with Gasteiger partial charge in [-0.05, 0) is 68.3 Å². The van der Waals surface area contributed by atoms with Crippen molar-refractivity contribution in [3.63, 3.8) is 0 Å². The quantitative estimate of drug-likeness (QED) is 0.177. The van der Waals surface area contributed by atoms with E-state index in [2.05, 4.69) is 62.7 Å². The molecule has 0 unspecified atom stereocenters. The van der Waals surface area contributed by atoms with Crippen LogP contribution in [0.3, 0.4) is 0 Å². The number of pyridine rings is 2. The van der Waals surface area contributed by atoms with Gasteiger partial charge in [0.1, 0.15) is 17.3 Å². The Morgan fingerprint density at radius 2 is 1.26 bits per heavy atom. The van der Waals surface area contributed by atoms with Crippen LogP contribution in [-0.2, 0) is 14.1 Å². The fraction of sp³-hybridized carbons (Fsp3) is 0.161. The molecule has 0 saturated heterocycles. The van der Waals surface area contributed by atoms with Crippen LogP contribution in [0, 0.1) is 0 Å². The molecule has 2 aromatic carbocycles. The number of anilines is 4. The first-order chi connectivity index (χ1) is 22.5. The highest BCUT2D eigenvalue weighted by molar-refractivity contribution is 9.10. The summed E-state index contributed by atoms with van der Waals surface area (Å²) in [7, 11) is 3.07. The van der Waals surface area contributed by atoms with Gasteiger partial charge in [-0.25, -0.2) is 28.1 Å². The molecule has 0 aliphatic heterocycles. The van der Waals surface area contributed by atoms with E-state index in [1.54, 1.807) is 43.7 Å². The molecule has 4 aromatic heterocycles. The Hall–Kier alpha value is -3.98. The van der Waals surface area contributed by atoms with Crippen LogP contribution in [0.15, 0.2) is 85.7 Å². The van der Waals surface area contributed by atoms with Crippen molar-refractivity contribution in [1.29, 1.82) is 0 Å². The first kappa shape index (κ1) is 35.9. The molecule has 4 heterocycles. The third-order valence-corrected chi connectivity index (χ3v) is 9.03. The zero-order valence-corrected chi connectivity index (χ0v) is 29.9. The number of aromatic nitrogens is 6.